The Hall–Kier alpha value is -1.91. The molecule has 1 aromatic rings. The molecule has 1 atom stereocenters. The van der Waals surface area contributed by atoms with Crippen LogP contribution in [0.4, 0.5) is 11.4 Å². The van der Waals surface area contributed by atoms with Crippen molar-refractivity contribution in [2.45, 2.75) is 83.7 Å². The quantitative estimate of drug-likeness (QED) is 0.299. The second-order valence-corrected chi connectivity index (χ2v) is 6.97. The van der Waals surface area contributed by atoms with Crippen molar-refractivity contribution in [1.29, 1.82) is 0 Å². The Morgan fingerprint density at radius 2 is 1.64 bits per heavy atom. The molecule has 0 aliphatic carbocycles. The number of aromatic hydroxyl groups is 1. The van der Waals surface area contributed by atoms with Crippen molar-refractivity contribution < 1.29 is 14.6 Å². The van der Waals surface area contributed by atoms with Gasteiger partial charge < -0.3 is 20.9 Å². The van der Waals surface area contributed by atoms with Gasteiger partial charge in [0, 0.05) is 12.1 Å². The second-order valence-electron chi connectivity index (χ2n) is 6.97. The molecule has 1 aliphatic rings. The predicted molar refractivity (Wildman–Crippen MR) is 102 cm³/mol. The van der Waals surface area contributed by atoms with E-state index in [0.29, 0.717) is 17.9 Å². The highest BCUT2D eigenvalue weighted by molar-refractivity contribution is 5.98. The van der Waals surface area contributed by atoms with Gasteiger partial charge in [0.25, 0.3) is 5.91 Å². The van der Waals surface area contributed by atoms with Crippen molar-refractivity contribution in [3.63, 3.8) is 0 Å². The number of carbonyl (C=O) groups is 1. The standard InChI is InChI=1S/C20H32N2O3/c1-2-3-4-5-6-7-8-9-10-11-12-18-20(24)22-16-14-17(23)15(21)13-19(16)25-18/h13-14,18,23H,2-12,21H2,1H3,(H,22,24). The molecule has 1 aliphatic heterocycles. The first-order chi connectivity index (χ1) is 12.1. The van der Waals surface area contributed by atoms with Gasteiger partial charge in [0.1, 0.15) is 11.5 Å². The lowest BCUT2D eigenvalue weighted by molar-refractivity contribution is -0.123. The fraction of sp³-hybridized carbons (Fsp3) is 0.650. The van der Waals surface area contributed by atoms with Crippen LogP contribution >= 0.6 is 0 Å². The summed E-state index contributed by atoms with van der Waals surface area (Å²) in [5, 5.41) is 12.4. The highest BCUT2D eigenvalue weighted by atomic mass is 16.5. The van der Waals surface area contributed by atoms with Crippen molar-refractivity contribution in [2.24, 2.45) is 0 Å². The number of anilines is 2. The molecule has 0 bridgehead atoms. The van der Waals surface area contributed by atoms with E-state index < -0.39 is 6.10 Å². The zero-order valence-electron chi connectivity index (χ0n) is 15.4. The fourth-order valence-corrected chi connectivity index (χ4v) is 3.21. The maximum atomic E-state index is 12.1. The third kappa shape index (κ3) is 6.15. The van der Waals surface area contributed by atoms with E-state index in [1.807, 2.05) is 0 Å². The first kappa shape index (κ1) is 19.4. The third-order valence-electron chi connectivity index (χ3n) is 4.77. The van der Waals surface area contributed by atoms with Gasteiger partial charge in [0.2, 0.25) is 0 Å². The second kappa shape index (κ2) is 10.2. The van der Waals surface area contributed by atoms with Crippen LogP contribution < -0.4 is 15.8 Å². The van der Waals surface area contributed by atoms with Crippen LogP contribution in [0.1, 0.15) is 77.6 Å². The number of carbonyl (C=O) groups excluding carboxylic acids is 1. The Balaban J connectivity index is 1.61. The summed E-state index contributed by atoms with van der Waals surface area (Å²) >= 11 is 0. The van der Waals surface area contributed by atoms with Gasteiger partial charge in [0.15, 0.2) is 6.10 Å². The van der Waals surface area contributed by atoms with E-state index in [4.69, 9.17) is 10.5 Å². The summed E-state index contributed by atoms with van der Waals surface area (Å²) < 4.78 is 5.76. The van der Waals surface area contributed by atoms with Crippen molar-refractivity contribution in [3.8, 4) is 11.5 Å². The Bertz CT molecular complexity index is 560. The van der Waals surface area contributed by atoms with E-state index in [1.54, 1.807) is 6.07 Å². The molecular weight excluding hydrogens is 316 g/mol. The number of hydrogen-bond donors (Lipinski definition) is 3. The van der Waals surface area contributed by atoms with E-state index in [9.17, 15) is 9.90 Å². The van der Waals surface area contributed by atoms with Crippen LogP contribution in [0.3, 0.4) is 0 Å². The molecule has 140 valence electrons. The minimum absolute atomic E-state index is 0.0456. The van der Waals surface area contributed by atoms with E-state index in [-0.39, 0.29) is 17.3 Å². The summed E-state index contributed by atoms with van der Waals surface area (Å²) in [4.78, 5) is 12.1. The number of fused-ring (bicyclic) bond motifs is 1. The monoisotopic (exact) mass is 348 g/mol. The number of amides is 1. The van der Waals surface area contributed by atoms with Gasteiger partial charge >= 0.3 is 0 Å². The molecule has 0 radical (unpaired) electrons. The first-order valence-electron chi connectivity index (χ1n) is 9.71. The number of benzene rings is 1. The lowest BCUT2D eigenvalue weighted by Gasteiger charge is -2.26. The molecule has 1 amide bonds. The minimum Gasteiger partial charge on any atom is -0.506 e. The average Bonchev–Trinajstić information content (AvgIpc) is 2.58. The van der Waals surface area contributed by atoms with Gasteiger partial charge in [0.05, 0.1) is 11.4 Å². The van der Waals surface area contributed by atoms with E-state index in [0.717, 1.165) is 12.8 Å². The third-order valence-corrected chi connectivity index (χ3v) is 4.77. The highest BCUT2D eigenvalue weighted by Crippen LogP contribution is 2.37. The van der Waals surface area contributed by atoms with Crippen molar-refractivity contribution in [3.05, 3.63) is 12.1 Å². The Labute approximate surface area is 150 Å². The zero-order chi connectivity index (χ0) is 18.1. The molecule has 0 fully saturated rings. The molecule has 0 saturated heterocycles. The SMILES string of the molecule is CCCCCCCCCCCCC1Oc2cc(N)c(O)cc2NC1=O. The number of phenols is 1. The molecule has 4 N–H and O–H groups in total. The van der Waals surface area contributed by atoms with Crippen LogP contribution in [0.2, 0.25) is 0 Å². The fourth-order valence-electron chi connectivity index (χ4n) is 3.21. The molecule has 0 saturated carbocycles. The molecular formula is C20H32N2O3. The normalized spacial score (nSPS) is 16.2. The van der Waals surface area contributed by atoms with Gasteiger partial charge in [-0.2, -0.15) is 0 Å². The summed E-state index contributed by atoms with van der Waals surface area (Å²) in [6, 6.07) is 2.99. The van der Waals surface area contributed by atoms with Crippen LogP contribution in [0, 0.1) is 0 Å². The number of ether oxygens (including phenoxy) is 1. The average molecular weight is 348 g/mol. The molecule has 25 heavy (non-hydrogen) atoms. The van der Waals surface area contributed by atoms with Gasteiger partial charge in [-0.05, 0) is 12.8 Å². The number of unbranched alkanes of at least 4 members (excludes halogenated alkanes) is 9. The lowest BCUT2D eigenvalue weighted by atomic mass is 10.0. The Morgan fingerprint density at radius 1 is 1.04 bits per heavy atom. The summed E-state index contributed by atoms with van der Waals surface area (Å²) in [6.07, 6.45) is 12.9. The van der Waals surface area contributed by atoms with E-state index in [2.05, 4.69) is 12.2 Å². The number of hydrogen-bond acceptors (Lipinski definition) is 4. The van der Waals surface area contributed by atoms with Gasteiger partial charge in [-0.3, -0.25) is 4.79 Å². The number of nitrogens with two attached hydrogens (primary N) is 1. The van der Waals surface area contributed by atoms with Crippen molar-refractivity contribution >= 4 is 17.3 Å². The highest BCUT2D eigenvalue weighted by Gasteiger charge is 2.27. The van der Waals surface area contributed by atoms with Crippen LogP contribution in [-0.2, 0) is 4.79 Å². The van der Waals surface area contributed by atoms with E-state index >= 15 is 0 Å². The largest absolute Gasteiger partial charge is 0.506 e. The summed E-state index contributed by atoms with van der Waals surface area (Å²) in [5.41, 5.74) is 6.43. The first-order valence-corrected chi connectivity index (χ1v) is 9.71. The summed E-state index contributed by atoms with van der Waals surface area (Å²) in [6.45, 7) is 2.24. The Kier molecular flexibility index (Phi) is 7.89. The zero-order valence-corrected chi connectivity index (χ0v) is 15.4. The molecule has 5 heteroatoms. The molecule has 2 rings (SSSR count). The van der Waals surface area contributed by atoms with E-state index in [1.165, 1.54) is 57.4 Å². The molecule has 1 aromatic carbocycles. The van der Waals surface area contributed by atoms with Crippen LogP contribution in [-0.4, -0.2) is 17.1 Å². The molecule has 1 unspecified atom stereocenters. The maximum absolute atomic E-state index is 12.1. The lowest BCUT2D eigenvalue weighted by Crippen LogP contribution is -2.36. The maximum Gasteiger partial charge on any atom is 0.265 e. The number of nitrogen functional groups attached to an aromatic ring is 1. The smallest absolute Gasteiger partial charge is 0.265 e. The predicted octanol–water partition coefficient (Wildman–Crippen LogP) is 4.98. The minimum atomic E-state index is -0.467. The molecule has 0 spiro atoms. The topological polar surface area (TPSA) is 84.6 Å². The van der Waals surface area contributed by atoms with Crippen LogP contribution in [0.15, 0.2) is 12.1 Å². The van der Waals surface area contributed by atoms with Gasteiger partial charge in [-0.15, -0.1) is 0 Å². The van der Waals surface area contributed by atoms with Crippen molar-refractivity contribution in [2.75, 3.05) is 11.1 Å². The number of phenolic OH excluding ortho intramolecular Hbond substituents is 1. The molecule has 1 heterocycles. The van der Waals surface area contributed by atoms with Crippen LogP contribution in [0.25, 0.3) is 0 Å². The summed E-state index contributed by atoms with van der Waals surface area (Å²) in [5.74, 6) is 0.343. The van der Waals surface area contributed by atoms with Gasteiger partial charge in [-0.1, -0.05) is 64.7 Å². The molecule has 5 nitrogen and oxygen atoms in total. The summed E-state index contributed by atoms with van der Waals surface area (Å²) in [7, 11) is 0. The van der Waals surface area contributed by atoms with Gasteiger partial charge in [-0.25, -0.2) is 0 Å². The number of rotatable bonds is 11. The molecule has 0 aromatic heterocycles. The van der Waals surface area contributed by atoms with Crippen LogP contribution in [0.5, 0.6) is 11.5 Å². The number of nitrogens with one attached hydrogen (secondary N) is 1. The Morgan fingerprint density at radius 3 is 2.28 bits per heavy atom. The van der Waals surface area contributed by atoms with Crippen molar-refractivity contribution in [1.82, 2.24) is 0 Å².